The Kier molecular flexibility index (Phi) is 3.41. The van der Waals surface area contributed by atoms with Crippen molar-refractivity contribution in [3.8, 4) is 0 Å². The Morgan fingerprint density at radius 2 is 2.21 bits per heavy atom. The van der Waals surface area contributed by atoms with E-state index in [-0.39, 0.29) is 16.3 Å². The molecule has 1 aromatic rings. The molecule has 1 N–H and O–H groups in total. The van der Waals surface area contributed by atoms with Gasteiger partial charge in [-0.25, -0.2) is 9.59 Å². The number of hydrogen-bond acceptors (Lipinski definition) is 3. The summed E-state index contributed by atoms with van der Waals surface area (Å²) in [7, 11) is 0. The van der Waals surface area contributed by atoms with E-state index in [4.69, 9.17) is 16.7 Å². The van der Waals surface area contributed by atoms with Gasteiger partial charge in [0.2, 0.25) is 6.08 Å². The Labute approximate surface area is 92.3 Å². The molecule has 1 aromatic carbocycles. The summed E-state index contributed by atoms with van der Waals surface area (Å²) in [5.41, 5.74) is -0.231. The number of carbonyl (C=O) groups is 1. The van der Waals surface area contributed by atoms with Gasteiger partial charge in [-0.05, 0) is 28.1 Å². The van der Waals surface area contributed by atoms with E-state index < -0.39 is 5.97 Å². The second kappa shape index (κ2) is 4.37. The average molecular weight is 276 g/mol. The van der Waals surface area contributed by atoms with Gasteiger partial charge in [-0.1, -0.05) is 11.6 Å². The fourth-order valence-electron chi connectivity index (χ4n) is 0.886. The van der Waals surface area contributed by atoms with Crippen LogP contribution in [-0.2, 0) is 4.79 Å². The molecule has 0 radical (unpaired) electrons. The molecule has 0 aliphatic rings. The van der Waals surface area contributed by atoms with Crippen LogP contribution in [0.1, 0.15) is 10.4 Å². The number of carboxylic acid groups (broad SMARTS) is 1. The first-order valence-corrected chi connectivity index (χ1v) is 4.54. The summed E-state index contributed by atoms with van der Waals surface area (Å²) in [5.74, 6) is -1.25. The molecule has 0 saturated heterocycles. The van der Waals surface area contributed by atoms with E-state index >= 15 is 0 Å². The standard InChI is InChI=1S/C8H3BrClNO3/c9-4-1-2-5(11-3-12)6(7(4)10)8(13)14/h1-2H,(H,13,14). The molecule has 14 heavy (non-hydrogen) atoms. The molecule has 0 unspecified atom stereocenters. The molecular formula is C8H3BrClNO3. The Morgan fingerprint density at radius 3 is 2.71 bits per heavy atom. The summed E-state index contributed by atoms with van der Waals surface area (Å²) in [6, 6.07) is 2.87. The van der Waals surface area contributed by atoms with Crippen molar-refractivity contribution in [2.24, 2.45) is 4.99 Å². The van der Waals surface area contributed by atoms with Gasteiger partial charge in [0.25, 0.3) is 0 Å². The number of hydrogen-bond donors (Lipinski definition) is 1. The van der Waals surface area contributed by atoms with Crippen molar-refractivity contribution in [3.05, 3.63) is 27.2 Å². The second-order valence-electron chi connectivity index (χ2n) is 2.26. The Morgan fingerprint density at radius 1 is 1.57 bits per heavy atom. The normalized spacial score (nSPS) is 9.29. The zero-order valence-corrected chi connectivity index (χ0v) is 8.96. The number of carboxylic acids is 1. The number of aromatic carboxylic acids is 1. The molecule has 6 heteroatoms. The molecule has 0 heterocycles. The van der Waals surface area contributed by atoms with E-state index in [0.29, 0.717) is 4.47 Å². The van der Waals surface area contributed by atoms with Crippen LogP contribution in [0.25, 0.3) is 0 Å². The van der Waals surface area contributed by atoms with E-state index in [2.05, 4.69) is 20.9 Å². The summed E-state index contributed by atoms with van der Waals surface area (Å²) in [6.45, 7) is 0. The molecule has 0 amide bonds. The number of aliphatic imine (C=N–C) groups is 1. The fourth-order valence-corrected chi connectivity index (χ4v) is 1.46. The minimum atomic E-state index is -1.25. The van der Waals surface area contributed by atoms with Crippen molar-refractivity contribution >= 4 is 45.3 Å². The van der Waals surface area contributed by atoms with E-state index in [1.807, 2.05) is 0 Å². The number of benzene rings is 1. The second-order valence-corrected chi connectivity index (χ2v) is 3.50. The van der Waals surface area contributed by atoms with Crippen LogP contribution < -0.4 is 0 Å². The molecule has 72 valence electrons. The fraction of sp³-hybridized carbons (Fsp3) is 0. The van der Waals surface area contributed by atoms with Crippen molar-refractivity contribution < 1.29 is 14.7 Å². The number of rotatable bonds is 2. The van der Waals surface area contributed by atoms with Crippen LogP contribution in [-0.4, -0.2) is 17.2 Å². The summed E-state index contributed by atoms with van der Waals surface area (Å²) in [4.78, 5) is 24.0. The third-order valence-electron chi connectivity index (χ3n) is 1.45. The lowest BCUT2D eigenvalue weighted by Crippen LogP contribution is -1.98. The maximum absolute atomic E-state index is 10.8. The lowest BCUT2D eigenvalue weighted by molar-refractivity contribution is 0.0698. The third-order valence-corrected chi connectivity index (χ3v) is 2.73. The van der Waals surface area contributed by atoms with Crippen LogP contribution in [0, 0.1) is 0 Å². The van der Waals surface area contributed by atoms with Crippen molar-refractivity contribution in [1.29, 1.82) is 0 Å². The number of carbonyl (C=O) groups excluding carboxylic acids is 1. The van der Waals surface area contributed by atoms with Gasteiger partial charge in [-0.2, -0.15) is 4.99 Å². The van der Waals surface area contributed by atoms with Gasteiger partial charge in [-0.15, -0.1) is 0 Å². The minimum absolute atomic E-state index is 0.00833. The van der Waals surface area contributed by atoms with Crippen molar-refractivity contribution in [1.82, 2.24) is 0 Å². The smallest absolute Gasteiger partial charge is 0.339 e. The van der Waals surface area contributed by atoms with Gasteiger partial charge in [0, 0.05) is 4.47 Å². The zero-order chi connectivity index (χ0) is 10.7. The Bertz CT molecular complexity index is 440. The molecule has 4 nitrogen and oxygen atoms in total. The number of nitrogens with zero attached hydrogens (tertiary/aromatic N) is 1. The van der Waals surface area contributed by atoms with E-state index in [9.17, 15) is 9.59 Å². The van der Waals surface area contributed by atoms with E-state index in [0.717, 1.165) is 0 Å². The van der Waals surface area contributed by atoms with Gasteiger partial charge >= 0.3 is 5.97 Å². The van der Waals surface area contributed by atoms with Crippen LogP contribution in [0.4, 0.5) is 5.69 Å². The van der Waals surface area contributed by atoms with Gasteiger partial charge in [0.15, 0.2) is 0 Å². The van der Waals surface area contributed by atoms with Gasteiger partial charge in [0.1, 0.15) is 5.56 Å². The minimum Gasteiger partial charge on any atom is -0.478 e. The van der Waals surface area contributed by atoms with Crippen LogP contribution in [0.3, 0.4) is 0 Å². The van der Waals surface area contributed by atoms with Gasteiger partial charge in [0.05, 0.1) is 10.7 Å². The van der Waals surface area contributed by atoms with Gasteiger partial charge in [-0.3, -0.25) is 0 Å². The maximum atomic E-state index is 10.8. The average Bonchev–Trinajstić information content (AvgIpc) is 2.11. The molecule has 1 rings (SSSR count). The maximum Gasteiger partial charge on any atom is 0.339 e. The van der Waals surface area contributed by atoms with Crippen LogP contribution >= 0.6 is 27.5 Å². The predicted octanol–water partition coefficient (Wildman–Crippen LogP) is 2.77. The van der Waals surface area contributed by atoms with Gasteiger partial charge < -0.3 is 5.11 Å². The van der Waals surface area contributed by atoms with E-state index in [1.54, 1.807) is 0 Å². The molecule has 0 atom stereocenters. The lowest BCUT2D eigenvalue weighted by Gasteiger charge is -2.03. The first-order chi connectivity index (χ1) is 6.57. The first kappa shape index (κ1) is 10.9. The highest BCUT2D eigenvalue weighted by Crippen LogP contribution is 2.33. The molecular weight excluding hydrogens is 273 g/mol. The predicted molar refractivity (Wildman–Crippen MR) is 53.9 cm³/mol. The largest absolute Gasteiger partial charge is 0.478 e. The lowest BCUT2D eigenvalue weighted by atomic mass is 10.2. The Hall–Kier alpha value is -1.16. The summed E-state index contributed by atoms with van der Waals surface area (Å²) in [5, 5.41) is 8.81. The highest BCUT2D eigenvalue weighted by molar-refractivity contribution is 9.10. The highest BCUT2D eigenvalue weighted by Gasteiger charge is 2.16. The molecule has 0 saturated carbocycles. The van der Waals surface area contributed by atoms with Crippen molar-refractivity contribution in [2.45, 2.75) is 0 Å². The SMILES string of the molecule is O=C=Nc1ccc(Br)c(Cl)c1C(=O)O. The number of halogens is 2. The van der Waals surface area contributed by atoms with Crippen LogP contribution in [0.2, 0.25) is 5.02 Å². The molecule has 0 aromatic heterocycles. The topological polar surface area (TPSA) is 66.7 Å². The summed E-state index contributed by atoms with van der Waals surface area (Å²) >= 11 is 8.78. The van der Waals surface area contributed by atoms with Crippen LogP contribution in [0.15, 0.2) is 21.6 Å². The summed E-state index contributed by atoms with van der Waals surface area (Å²) < 4.78 is 0.432. The van der Waals surface area contributed by atoms with Crippen molar-refractivity contribution in [2.75, 3.05) is 0 Å². The zero-order valence-electron chi connectivity index (χ0n) is 6.62. The monoisotopic (exact) mass is 275 g/mol. The summed E-state index contributed by atoms with van der Waals surface area (Å²) in [6.07, 6.45) is 1.26. The molecule has 0 spiro atoms. The first-order valence-electron chi connectivity index (χ1n) is 3.37. The molecule has 0 aliphatic carbocycles. The third kappa shape index (κ3) is 2.01. The van der Waals surface area contributed by atoms with E-state index in [1.165, 1.54) is 18.2 Å². The Balaban J connectivity index is 3.52. The molecule has 0 bridgehead atoms. The number of isocyanates is 1. The molecule has 0 aliphatic heterocycles. The van der Waals surface area contributed by atoms with Crippen LogP contribution in [0.5, 0.6) is 0 Å². The molecule has 0 fully saturated rings. The quantitative estimate of drug-likeness (QED) is 0.667. The highest BCUT2D eigenvalue weighted by atomic mass is 79.9. The van der Waals surface area contributed by atoms with Crippen molar-refractivity contribution in [3.63, 3.8) is 0 Å².